The van der Waals surface area contributed by atoms with Crippen molar-refractivity contribution < 1.29 is 14.6 Å². The lowest BCUT2D eigenvalue weighted by molar-refractivity contribution is -0.120. The Hall–Kier alpha value is -5.37. The van der Waals surface area contributed by atoms with E-state index < -0.39 is 0 Å². The third-order valence-corrected chi connectivity index (χ3v) is 5.46. The molecule has 0 saturated heterocycles. The van der Waals surface area contributed by atoms with Crippen molar-refractivity contribution in [3.8, 4) is 11.5 Å². The Morgan fingerprint density at radius 1 is 0.649 bits per heavy atom. The van der Waals surface area contributed by atoms with Crippen LogP contribution in [0.25, 0.3) is 10.8 Å². The van der Waals surface area contributed by atoms with E-state index in [1.807, 2.05) is 54.6 Å². The predicted octanol–water partition coefficient (Wildman–Crippen LogP) is 8.65. The monoisotopic (exact) mass is 487 g/mol. The SMILES string of the molecule is O=COc1ccc(N=Nc2ccc(N=Nc3ccc4cc(Nc5ccccc5)ccc4c3O)cc2)cc1. The molecule has 0 aliphatic rings. The maximum Gasteiger partial charge on any atom is 0.298 e. The van der Waals surface area contributed by atoms with Crippen LogP contribution in [0.5, 0.6) is 11.5 Å². The second kappa shape index (κ2) is 10.9. The molecule has 0 atom stereocenters. The van der Waals surface area contributed by atoms with E-state index in [1.54, 1.807) is 54.6 Å². The predicted molar refractivity (Wildman–Crippen MR) is 143 cm³/mol. The van der Waals surface area contributed by atoms with E-state index >= 15 is 0 Å². The van der Waals surface area contributed by atoms with Gasteiger partial charge in [0.1, 0.15) is 11.4 Å². The summed E-state index contributed by atoms with van der Waals surface area (Å²) in [7, 11) is 0. The van der Waals surface area contributed by atoms with Crippen molar-refractivity contribution in [2.75, 3.05) is 5.32 Å². The number of benzene rings is 5. The summed E-state index contributed by atoms with van der Waals surface area (Å²) in [6, 6.07) is 33.0. The molecule has 0 spiro atoms. The number of fused-ring (bicyclic) bond motifs is 1. The molecule has 0 amide bonds. The Morgan fingerprint density at radius 3 is 1.92 bits per heavy atom. The quantitative estimate of drug-likeness (QED) is 0.169. The van der Waals surface area contributed by atoms with Gasteiger partial charge in [0.25, 0.3) is 6.47 Å². The molecular formula is C29H21N5O3. The first-order chi connectivity index (χ1) is 18.2. The highest BCUT2D eigenvalue weighted by Crippen LogP contribution is 2.37. The maximum absolute atomic E-state index is 10.8. The van der Waals surface area contributed by atoms with Crippen LogP contribution in [0.15, 0.2) is 130 Å². The number of phenols is 1. The largest absolute Gasteiger partial charge is 0.505 e. The van der Waals surface area contributed by atoms with Crippen molar-refractivity contribution in [3.63, 3.8) is 0 Å². The van der Waals surface area contributed by atoms with Gasteiger partial charge in [-0.25, -0.2) is 0 Å². The molecule has 180 valence electrons. The van der Waals surface area contributed by atoms with Crippen LogP contribution >= 0.6 is 0 Å². The molecule has 0 bridgehead atoms. The van der Waals surface area contributed by atoms with Gasteiger partial charge in [-0.15, -0.1) is 5.11 Å². The Morgan fingerprint density at radius 2 is 1.27 bits per heavy atom. The normalized spacial score (nSPS) is 11.2. The first kappa shape index (κ1) is 23.4. The number of azo groups is 2. The highest BCUT2D eigenvalue weighted by atomic mass is 16.5. The molecule has 5 aromatic carbocycles. The number of nitrogens with zero attached hydrogens (tertiary/aromatic N) is 4. The molecule has 0 heterocycles. The number of carbonyl (C=O) groups excluding carboxylic acids is 1. The molecule has 0 aromatic heterocycles. The second-order valence-electron chi connectivity index (χ2n) is 7.98. The van der Waals surface area contributed by atoms with Gasteiger partial charge in [-0.2, -0.15) is 15.3 Å². The first-order valence-corrected chi connectivity index (χ1v) is 11.4. The molecule has 8 nitrogen and oxygen atoms in total. The van der Waals surface area contributed by atoms with Gasteiger partial charge in [-0.05, 0) is 90.3 Å². The first-order valence-electron chi connectivity index (χ1n) is 11.4. The minimum atomic E-state index is 0.0718. The number of anilines is 2. The zero-order valence-electron chi connectivity index (χ0n) is 19.5. The van der Waals surface area contributed by atoms with E-state index in [-0.39, 0.29) is 5.75 Å². The summed E-state index contributed by atoms with van der Waals surface area (Å²) in [6.07, 6.45) is 0. The second-order valence-corrected chi connectivity index (χ2v) is 7.98. The molecular weight excluding hydrogens is 466 g/mol. The Balaban J connectivity index is 1.27. The van der Waals surface area contributed by atoms with Crippen molar-refractivity contribution in [2.24, 2.45) is 20.5 Å². The van der Waals surface area contributed by atoms with Crippen LogP contribution in [0.4, 0.5) is 34.1 Å². The van der Waals surface area contributed by atoms with Gasteiger partial charge >= 0.3 is 0 Å². The van der Waals surface area contributed by atoms with Crippen LogP contribution in [-0.4, -0.2) is 11.6 Å². The highest BCUT2D eigenvalue weighted by molar-refractivity contribution is 5.94. The average molecular weight is 488 g/mol. The third kappa shape index (κ3) is 5.83. The van der Waals surface area contributed by atoms with Gasteiger partial charge in [0.05, 0.1) is 17.1 Å². The number of hydrogen-bond acceptors (Lipinski definition) is 8. The number of carbonyl (C=O) groups is 1. The van der Waals surface area contributed by atoms with Crippen LogP contribution in [-0.2, 0) is 4.79 Å². The van der Waals surface area contributed by atoms with Crippen LogP contribution in [0.2, 0.25) is 0 Å². The summed E-state index contributed by atoms with van der Waals surface area (Å²) in [5.41, 5.74) is 4.16. The fourth-order valence-electron chi connectivity index (χ4n) is 3.61. The summed E-state index contributed by atoms with van der Waals surface area (Å²) in [5, 5.41) is 32.5. The minimum absolute atomic E-state index is 0.0718. The van der Waals surface area contributed by atoms with Crippen molar-refractivity contribution in [2.45, 2.75) is 0 Å². The molecule has 0 unspecified atom stereocenters. The summed E-state index contributed by atoms with van der Waals surface area (Å²) >= 11 is 0. The fraction of sp³-hybridized carbons (Fsp3) is 0. The Labute approximate surface area is 212 Å². The topological polar surface area (TPSA) is 108 Å². The lowest BCUT2D eigenvalue weighted by Crippen LogP contribution is -1.89. The van der Waals surface area contributed by atoms with E-state index in [4.69, 9.17) is 4.74 Å². The van der Waals surface area contributed by atoms with E-state index in [0.29, 0.717) is 40.4 Å². The van der Waals surface area contributed by atoms with Crippen LogP contribution in [0.1, 0.15) is 0 Å². The van der Waals surface area contributed by atoms with Crippen molar-refractivity contribution >= 4 is 51.4 Å². The summed E-state index contributed by atoms with van der Waals surface area (Å²) in [5.74, 6) is 0.508. The number of phenolic OH excluding ortho intramolecular Hbond substituents is 1. The number of nitrogens with one attached hydrogen (secondary N) is 1. The standard InChI is InChI=1S/C29H21N5O3/c35-19-37-26-14-11-24(12-15-26)32-31-22-7-9-23(10-8-22)33-34-28-17-6-20-18-25(13-16-27(20)29(28)36)30-21-4-2-1-3-5-21/h1-19,30,36H. The number of para-hydroxylation sites is 1. The van der Waals surface area contributed by atoms with E-state index in [0.717, 1.165) is 16.8 Å². The molecule has 5 aromatic rings. The molecule has 0 radical (unpaired) electrons. The van der Waals surface area contributed by atoms with Gasteiger partial charge in [-0.1, -0.05) is 24.3 Å². The van der Waals surface area contributed by atoms with Gasteiger partial charge in [0.15, 0.2) is 5.75 Å². The zero-order valence-corrected chi connectivity index (χ0v) is 19.5. The molecule has 0 aliphatic heterocycles. The fourth-order valence-corrected chi connectivity index (χ4v) is 3.61. The molecule has 0 aliphatic carbocycles. The molecule has 5 rings (SSSR count). The highest BCUT2D eigenvalue weighted by Gasteiger charge is 2.07. The van der Waals surface area contributed by atoms with Crippen molar-refractivity contribution in [1.82, 2.24) is 0 Å². The lowest BCUT2D eigenvalue weighted by Gasteiger charge is -2.09. The van der Waals surface area contributed by atoms with Crippen LogP contribution < -0.4 is 10.1 Å². The van der Waals surface area contributed by atoms with Gasteiger partial charge in [0.2, 0.25) is 0 Å². The average Bonchev–Trinajstić information content (AvgIpc) is 2.94. The van der Waals surface area contributed by atoms with Crippen LogP contribution in [0.3, 0.4) is 0 Å². The number of hydrogen-bond donors (Lipinski definition) is 2. The molecule has 0 fully saturated rings. The summed E-state index contributed by atoms with van der Waals surface area (Å²) < 4.78 is 4.75. The summed E-state index contributed by atoms with van der Waals surface area (Å²) in [4.78, 5) is 10.4. The molecule has 2 N–H and O–H groups in total. The Bertz CT molecular complexity index is 1580. The van der Waals surface area contributed by atoms with E-state index in [9.17, 15) is 9.90 Å². The summed E-state index contributed by atoms with van der Waals surface area (Å²) in [6.45, 7) is 0.372. The van der Waals surface area contributed by atoms with E-state index in [1.165, 1.54) is 0 Å². The van der Waals surface area contributed by atoms with Gasteiger partial charge in [-0.3, -0.25) is 4.79 Å². The van der Waals surface area contributed by atoms with Crippen molar-refractivity contribution in [3.05, 3.63) is 109 Å². The zero-order chi connectivity index (χ0) is 25.5. The molecule has 37 heavy (non-hydrogen) atoms. The molecule has 8 heteroatoms. The van der Waals surface area contributed by atoms with Crippen molar-refractivity contribution in [1.29, 1.82) is 0 Å². The minimum Gasteiger partial charge on any atom is -0.505 e. The number of aromatic hydroxyl groups is 1. The van der Waals surface area contributed by atoms with Crippen LogP contribution in [0, 0.1) is 0 Å². The van der Waals surface area contributed by atoms with Gasteiger partial charge < -0.3 is 15.2 Å². The number of ether oxygens (including phenoxy) is 1. The molecule has 0 saturated carbocycles. The number of rotatable bonds is 8. The third-order valence-electron chi connectivity index (χ3n) is 5.46. The Kier molecular flexibility index (Phi) is 6.90. The van der Waals surface area contributed by atoms with E-state index in [2.05, 4.69) is 25.8 Å². The van der Waals surface area contributed by atoms with Gasteiger partial charge in [0, 0.05) is 16.8 Å². The smallest absolute Gasteiger partial charge is 0.298 e. The maximum atomic E-state index is 10.8. The lowest BCUT2D eigenvalue weighted by atomic mass is 10.1.